The van der Waals surface area contributed by atoms with E-state index in [-0.39, 0.29) is 0 Å². The molecule has 0 aromatic carbocycles. The Morgan fingerprint density at radius 1 is 1.25 bits per heavy atom. The number of hydrogen-bond donors (Lipinski definition) is 1. The van der Waals surface area contributed by atoms with Gasteiger partial charge < -0.3 is 10.2 Å². The lowest BCUT2D eigenvalue weighted by Gasteiger charge is -2.38. The number of hydrogen-bond acceptors (Lipinski definition) is 3. The Labute approximate surface area is 100 Å². The molecule has 0 radical (unpaired) electrons. The van der Waals surface area contributed by atoms with E-state index in [0.29, 0.717) is 12.1 Å². The van der Waals surface area contributed by atoms with Gasteiger partial charge in [0.25, 0.3) is 0 Å². The van der Waals surface area contributed by atoms with Gasteiger partial charge in [-0.15, -0.1) is 0 Å². The largest absolute Gasteiger partial charge is 0.313 e. The molecule has 0 aromatic heterocycles. The van der Waals surface area contributed by atoms with Crippen molar-refractivity contribution in [2.75, 3.05) is 40.3 Å². The molecule has 1 saturated heterocycles. The molecule has 0 bridgehead atoms. The highest BCUT2D eigenvalue weighted by molar-refractivity contribution is 4.83. The van der Waals surface area contributed by atoms with Gasteiger partial charge in [0.05, 0.1) is 0 Å². The van der Waals surface area contributed by atoms with Crippen LogP contribution in [0.3, 0.4) is 0 Å². The zero-order valence-corrected chi connectivity index (χ0v) is 11.1. The van der Waals surface area contributed by atoms with Crippen molar-refractivity contribution in [2.24, 2.45) is 5.92 Å². The molecule has 16 heavy (non-hydrogen) atoms. The second-order valence-corrected chi connectivity index (χ2v) is 5.89. The molecule has 2 fully saturated rings. The first-order chi connectivity index (χ1) is 7.65. The fourth-order valence-electron chi connectivity index (χ4n) is 2.60. The number of nitrogens with one attached hydrogen (secondary N) is 1. The van der Waals surface area contributed by atoms with Gasteiger partial charge in [-0.2, -0.15) is 0 Å². The van der Waals surface area contributed by atoms with Crippen molar-refractivity contribution in [1.29, 1.82) is 0 Å². The summed E-state index contributed by atoms with van der Waals surface area (Å²) in [5.41, 5.74) is 0. The molecule has 0 aromatic rings. The van der Waals surface area contributed by atoms with Crippen LogP contribution >= 0.6 is 0 Å². The Morgan fingerprint density at radius 3 is 2.69 bits per heavy atom. The van der Waals surface area contributed by atoms with Crippen LogP contribution in [-0.4, -0.2) is 62.2 Å². The summed E-state index contributed by atoms with van der Waals surface area (Å²) in [6.07, 6.45) is 4.32. The van der Waals surface area contributed by atoms with Gasteiger partial charge in [0.15, 0.2) is 0 Å². The summed E-state index contributed by atoms with van der Waals surface area (Å²) in [7, 11) is 4.48. The van der Waals surface area contributed by atoms with Gasteiger partial charge in [-0.25, -0.2) is 0 Å². The molecule has 0 amide bonds. The molecular weight excluding hydrogens is 198 g/mol. The molecule has 1 aliphatic carbocycles. The maximum atomic E-state index is 3.71. The van der Waals surface area contributed by atoms with Crippen LogP contribution in [0.15, 0.2) is 0 Å². The van der Waals surface area contributed by atoms with Gasteiger partial charge in [-0.05, 0) is 33.4 Å². The second-order valence-electron chi connectivity index (χ2n) is 5.89. The van der Waals surface area contributed by atoms with Crippen molar-refractivity contribution in [3.63, 3.8) is 0 Å². The highest BCUT2D eigenvalue weighted by Crippen LogP contribution is 2.33. The van der Waals surface area contributed by atoms with Crippen molar-refractivity contribution in [2.45, 2.75) is 38.3 Å². The van der Waals surface area contributed by atoms with Crippen molar-refractivity contribution >= 4 is 0 Å². The molecule has 3 heteroatoms. The molecule has 2 rings (SSSR count). The first-order valence-corrected chi connectivity index (χ1v) is 6.77. The van der Waals surface area contributed by atoms with Gasteiger partial charge in [0.1, 0.15) is 0 Å². The van der Waals surface area contributed by atoms with E-state index >= 15 is 0 Å². The molecule has 3 nitrogen and oxygen atoms in total. The first kappa shape index (κ1) is 12.3. The van der Waals surface area contributed by atoms with E-state index in [1.54, 1.807) is 0 Å². The minimum Gasteiger partial charge on any atom is -0.313 e. The van der Waals surface area contributed by atoms with Crippen LogP contribution in [0.1, 0.15) is 26.2 Å². The van der Waals surface area contributed by atoms with E-state index in [9.17, 15) is 0 Å². The average molecular weight is 225 g/mol. The van der Waals surface area contributed by atoms with Crippen molar-refractivity contribution in [3.05, 3.63) is 0 Å². The first-order valence-electron chi connectivity index (χ1n) is 6.77. The predicted octanol–water partition coefficient (Wildman–Crippen LogP) is 1.01. The van der Waals surface area contributed by atoms with Crippen LogP contribution in [0.25, 0.3) is 0 Å². The lowest BCUT2D eigenvalue weighted by molar-refractivity contribution is 0.111. The Kier molecular flexibility index (Phi) is 4.22. The van der Waals surface area contributed by atoms with Gasteiger partial charge >= 0.3 is 0 Å². The van der Waals surface area contributed by atoms with Crippen LogP contribution in [-0.2, 0) is 0 Å². The maximum Gasteiger partial charge on any atom is 0.0345 e. The van der Waals surface area contributed by atoms with Crippen LogP contribution in [0, 0.1) is 5.92 Å². The SMILES string of the molecule is CC(CC1CC1)NCC1CN(C)CCN1C. The Morgan fingerprint density at radius 2 is 2.00 bits per heavy atom. The molecule has 1 saturated carbocycles. The third-order valence-electron chi connectivity index (χ3n) is 4.07. The molecule has 2 atom stereocenters. The van der Waals surface area contributed by atoms with Crippen LogP contribution in [0.5, 0.6) is 0 Å². The summed E-state index contributed by atoms with van der Waals surface area (Å²) >= 11 is 0. The van der Waals surface area contributed by atoms with Crippen LogP contribution in [0.4, 0.5) is 0 Å². The van der Waals surface area contributed by atoms with Crippen LogP contribution in [0.2, 0.25) is 0 Å². The summed E-state index contributed by atoms with van der Waals surface area (Å²) < 4.78 is 0. The summed E-state index contributed by atoms with van der Waals surface area (Å²) in [4.78, 5) is 4.94. The third kappa shape index (κ3) is 3.72. The van der Waals surface area contributed by atoms with Crippen molar-refractivity contribution in [1.82, 2.24) is 15.1 Å². The molecule has 2 aliphatic rings. The molecule has 1 heterocycles. The predicted molar refractivity (Wildman–Crippen MR) is 68.7 cm³/mol. The summed E-state index contributed by atoms with van der Waals surface area (Å²) in [5, 5.41) is 3.71. The number of nitrogens with zero attached hydrogens (tertiary/aromatic N) is 2. The monoisotopic (exact) mass is 225 g/mol. The molecule has 0 spiro atoms. The fraction of sp³-hybridized carbons (Fsp3) is 1.00. The van der Waals surface area contributed by atoms with Gasteiger partial charge in [-0.1, -0.05) is 12.8 Å². The van der Waals surface area contributed by atoms with E-state index in [4.69, 9.17) is 0 Å². The van der Waals surface area contributed by atoms with E-state index in [2.05, 4.69) is 36.1 Å². The lowest BCUT2D eigenvalue weighted by Crippen LogP contribution is -2.54. The highest BCUT2D eigenvalue weighted by Gasteiger charge is 2.25. The smallest absolute Gasteiger partial charge is 0.0345 e. The molecular formula is C13H27N3. The Balaban J connectivity index is 1.66. The zero-order valence-electron chi connectivity index (χ0n) is 11.1. The van der Waals surface area contributed by atoms with Gasteiger partial charge in [-0.3, -0.25) is 4.90 Å². The third-order valence-corrected chi connectivity index (χ3v) is 4.07. The Hall–Kier alpha value is -0.120. The number of likely N-dealkylation sites (N-methyl/N-ethyl adjacent to an activating group) is 2. The van der Waals surface area contributed by atoms with E-state index < -0.39 is 0 Å². The topological polar surface area (TPSA) is 18.5 Å². The minimum absolute atomic E-state index is 0.695. The summed E-state index contributed by atoms with van der Waals surface area (Å²) in [5.74, 6) is 1.04. The maximum absolute atomic E-state index is 3.71. The molecule has 94 valence electrons. The molecule has 2 unspecified atom stereocenters. The average Bonchev–Trinajstić information content (AvgIpc) is 3.03. The van der Waals surface area contributed by atoms with Crippen LogP contribution < -0.4 is 5.32 Å². The van der Waals surface area contributed by atoms with Gasteiger partial charge in [0, 0.05) is 38.3 Å². The number of rotatable bonds is 5. The van der Waals surface area contributed by atoms with E-state index in [0.717, 1.165) is 12.5 Å². The fourth-order valence-corrected chi connectivity index (χ4v) is 2.60. The minimum atomic E-state index is 0.695. The second kappa shape index (κ2) is 5.48. The Bertz CT molecular complexity index is 215. The lowest BCUT2D eigenvalue weighted by atomic mass is 10.1. The zero-order chi connectivity index (χ0) is 11.5. The summed E-state index contributed by atoms with van der Waals surface area (Å²) in [6, 6.07) is 1.40. The molecule has 1 aliphatic heterocycles. The summed E-state index contributed by atoms with van der Waals surface area (Å²) in [6.45, 7) is 7.11. The highest BCUT2D eigenvalue weighted by atomic mass is 15.3. The standard InChI is InChI=1S/C13H27N3/c1-11(8-12-4-5-12)14-9-13-10-15(2)6-7-16(13)3/h11-14H,4-10H2,1-3H3. The van der Waals surface area contributed by atoms with E-state index in [1.807, 2.05) is 0 Å². The quantitative estimate of drug-likeness (QED) is 0.753. The molecule has 1 N–H and O–H groups in total. The number of piperazine rings is 1. The normalized spacial score (nSPS) is 30.6. The van der Waals surface area contributed by atoms with E-state index in [1.165, 1.54) is 38.9 Å². The van der Waals surface area contributed by atoms with Gasteiger partial charge in [0.2, 0.25) is 0 Å². The van der Waals surface area contributed by atoms with Crippen molar-refractivity contribution in [3.8, 4) is 0 Å². The van der Waals surface area contributed by atoms with Crippen molar-refractivity contribution < 1.29 is 0 Å².